The fourth-order valence-corrected chi connectivity index (χ4v) is 3.96. The largest absolute Gasteiger partial charge is 0.445 e. The van der Waals surface area contributed by atoms with Crippen molar-refractivity contribution in [1.29, 1.82) is 0 Å². The molecule has 1 aromatic heterocycles. The molecule has 2 aromatic rings. The first-order valence-electron chi connectivity index (χ1n) is 8.14. The van der Waals surface area contributed by atoms with Crippen molar-refractivity contribution in [3.05, 3.63) is 34.8 Å². The highest BCUT2D eigenvalue weighted by atomic mass is 32.1. The van der Waals surface area contributed by atoms with Crippen molar-refractivity contribution in [2.75, 3.05) is 0 Å². The monoisotopic (exact) mass is 384 g/mol. The Kier molecular flexibility index (Phi) is 4.31. The highest BCUT2D eigenvalue weighted by Crippen LogP contribution is 2.35. The first-order chi connectivity index (χ1) is 12.4. The topological polar surface area (TPSA) is 76.1 Å². The minimum absolute atomic E-state index is 0.138. The van der Waals surface area contributed by atoms with E-state index in [1.54, 1.807) is 12.1 Å². The lowest BCUT2D eigenvalue weighted by atomic mass is 9.95. The average Bonchev–Trinajstić information content (AvgIpc) is 3.31. The Hall–Kier alpha value is -2.20. The average molecular weight is 384 g/mol. The third-order valence-corrected chi connectivity index (χ3v) is 5.43. The molecule has 0 spiro atoms. The van der Waals surface area contributed by atoms with Crippen molar-refractivity contribution in [3.8, 4) is 10.9 Å². The fourth-order valence-electron chi connectivity index (χ4n) is 3.38. The maximum absolute atomic E-state index is 12.5. The molecule has 3 heterocycles. The van der Waals surface area contributed by atoms with E-state index in [0.29, 0.717) is 29.0 Å². The number of alkyl halides is 3. The number of fused-ring (bicyclic) bond motifs is 2. The van der Waals surface area contributed by atoms with Gasteiger partial charge in [-0.3, -0.25) is 4.79 Å². The maximum atomic E-state index is 12.5. The van der Waals surface area contributed by atoms with Crippen LogP contribution in [0.2, 0.25) is 0 Å². The molecule has 6 nitrogen and oxygen atoms in total. The lowest BCUT2D eigenvalue weighted by Crippen LogP contribution is -2.42. The molecule has 1 amide bonds. The van der Waals surface area contributed by atoms with E-state index in [4.69, 9.17) is 4.74 Å². The molecule has 0 radical (unpaired) electrons. The smallest absolute Gasteiger partial charge is 0.430 e. The normalized spacial score (nSPS) is 24.7. The number of halogens is 3. The number of nitrogens with one attached hydrogen (secondary N) is 2. The SMILES string of the molecule is O=C(N[C@@H]1C[C@H]2CC[C@@H]1N2)c1ccc(Oc2nnc(C(F)(F)F)s2)cc1. The van der Waals surface area contributed by atoms with Crippen molar-refractivity contribution >= 4 is 17.2 Å². The van der Waals surface area contributed by atoms with Gasteiger partial charge in [-0.25, -0.2) is 0 Å². The molecule has 0 aliphatic carbocycles. The van der Waals surface area contributed by atoms with Gasteiger partial charge in [-0.2, -0.15) is 13.2 Å². The molecule has 2 saturated heterocycles. The number of hydrogen-bond donors (Lipinski definition) is 2. The van der Waals surface area contributed by atoms with Gasteiger partial charge in [0.15, 0.2) is 0 Å². The zero-order valence-corrected chi connectivity index (χ0v) is 14.2. The molecule has 0 unspecified atom stereocenters. The van der Waals surface area contributed by atoms with Gasteiger partial charge in [0, 0.05) is 23.7 Å². The molecule has 0 saturated carbocycles. The first-order valence-corrected chi connectivity index (χ1v) is 8.95. The van der Waals surface area contributed by atoms with Crippen LogP contribution in [-0.4, -0.2) is 34.2 Å². The summed E-state index contributed by atoms with van der Waals surface area (Å²) < 4.78 is 42.8. The molecule has 2 aliphatic rings. The second-order valence-corrected chi connectivity index (χ2v) is 7.30. The van der Waals surface area contributed by atoms with Gasteiger partial charge in [-0.05, 0) is 43.5 Å². The van der Waals surface area contributed by atoms with Gasteiger partial charge in [-0.1, -0.05) is 16.4 Å². The predicted octanol–water partition coefficient (Wildman–Crippen LogP) is 2.97. The van der Waals surface area contributed by atoms with Crippen molar-refractivity contribution < 1.29 is 22.7 Å². The first kappa shape index (κ1) is 17.2. The molecule has 26 heavy (non-hydrogen) atoms. The van der Waals surface area contributed by atoms with E-state index in [-0.39, 0.29) is 22.9 Å². The second-order valence-electron chi connectivity index (χ2n) is 6.36. The molecule has 2 N–H and O–H groups in total. The third-order valence-electron chi connectivity index (χ3n) is 4.59. The number of aromatic nitrogens is 2. The molecule has 3 atom stereocenters. The van der Waals surface area contributed by atoms with Gasteiger partial charge >= 0.3 is 6.18 Å². The molecule has 138 valence electrons. The number of carbonyl (C=O) groups is 1. The number of hydrogen-bond acceptors (Lipinski definition) is 6. The van der Waals surface area contributed by atoms with Crippen LogP contribution in [0.15, 0.2) is 24.3 Å². The van der Waals surface area contributed by atoms with E-state index < -0.39 is 11.2 Å². The molecule has 2 aliphatic heterocycles. The molecule has 1 aromatic carbocycles. The molecule has 2 fully saturated rings. The molecular weight excluding hydrogens is 369 g/mol. The predicted molar refractivity (Wildman–Crippen MR) is 87.2 cm³/mol. The van der Waals surface area contributed by atoms with E-state index in [2.05, 4.69) is 20.8 Å². The summed E-state index contributed by atoms with van der Waals surface area (Å²) in [5.41, 5.74) is 0.466. The highest BCUT2D eigenvalue weighted by Gasteiger charge is 2.39. The van der Waals surface area contributed by atoms with Crippen LogP contribution in [0.4, 0.5) is 13.2 Å². The van der Waals surface area contributed by atoms with Gasteiger partial charge in [-0.15, -0.1) is 5.10 Å². The number of rotatable bonds is 4. The minimum Gasteiger partial charge on any atom is -0.430 e. The zero-order chi connectivity index (χ0) is 18.3. The fraction of sp³-hybridized carbons (Fsp3) is 0.438. The summed E-state index contributed by atoms with van der Waals surface area (Å²) in [5.74, 6) is 0.110. The Morgan fingerprint density at radius 2 is 2.00 bits per heavy atom. The minimum atomic E-state index is -4.55. The number of nitrogens with zero attached hydrogens (tertiary/aromatic N) is 2. The van der Waals surface area contributed by atoms with Gasteiger partial charge in [0.25, 0.3) is 11.1 Å². The summed E-state index contributed by atoms with van der Waals surface area (Å²) in [6, 6.07) is 7.14. The van der Waals surface area contributed by atoms with Gasteiger partial charge in [0.2, 0.25) is 5.01 Å². The standard InChI is InChI=1S/C16H15F3N4O2S/c17-16(18,19)14-22-23-15(26-14)25-10-4-1-8(2-5-10)13(24)21-12-7-9-3-6-11(12)20-9/h1-2,4-5,9,11-12,20H,3,6-7H2,(H,21,24)/t9-,11+,12-/m1/s1. The van der Waals surface area contributed by atoms with Crippen LogP contribution in [0.25, 0.3) is 0 Å². The van der Waals surface area contributed by atoms with Crippen LogP contribution in [0, 0.1) is 0 Å². The van der Waals surface area contributed by atoms with Crippen molar-refractivity contribution in [3.63, 3.8) is 0 Å². The van der Waals surface area contributed by atoms with Crippen LogP contribution in [0.5, 0.6) is 10.9 Å². The van der Waals surface area contributed by atoms with E-state index in [0.717, 1.165) is 19.3 Å². The highest BCUT2D eigenvalue weighted by molar-refractivity contribution is 7.13. The molecule has 2 bridgehead atoms. The van der Waals surface area contributed by atoms with Crippen LogP contribution in [-0.2, 0) is 6.18 Å². The maximum Gasteiger partial charge on any atom is 0.445 e. The Labute approximate surface area is 150 Å². The summed E-state index contributed by atoms with van der Waals surface area (Å²) >= 11 is 0.318. The number of benzene rings is 1. The Bertz CT molecular complexity index is 809. The van der Waals surface area contributed by atoms with Crippen LogP contribution < -0.4 is 15.4 Å². The molecular formula is C16H15F3N4O2S. The summed E-state index contributed by atoms with van der Waals surface area (Å²) in [7, 11) is 0. The summed E-state index contributed by atoms with van der Waals surface area (Å²) in [6.45, 7) is 0. The number of amides is 1. The van der Waals surface area contributed by atoms with Gasteiger partial charge < -0.3 is 15.4 Å². The van der Waals surface area contributed by atoms with Crippen molar-refractivity contribution in [2.45, 2.75) is 43.6 Å². The Morgan fingerprint density at radius 1 is 1.23 bits per heavy atom. The van der Waals surface area contributed by atoms with Gasteiger partial charge in [0.05, 0.1) is 0 Å². The lowest BCUT2D eigenvalue weighted by Gasteiger charge is -2.21. The molecule has 10 heteroatoms. The van der Waals surface area contributed by atoms with Crippen LogP contribution in [0.1, 0.15) is 34.6 Å². The van der Waals surface area contributed by atoms with E-state index >= 15 is 0 Å². The second kappa shape index (κ2) is 6.51. The van der Waals surface area contributed by atoms with Crippen molar-refractivity contribution in [2.24, 2.45) is 0 Å². The zero-order valence-electron chi connectivity index (χ0n) is 13.4. The van der Waals surface area contributed by atoms with E-state index in [9.17, 15) is 18.0 Å². The van der Waals surface area contributed by atoms with Crippen LogP contribution in [0.3, 0.4) is 0 Å². The summed E-state index contributed by atoms with van der Waals surface area (Å²) in [4.78, 5) is 12.3. The molecule has 4 rings (SSSR count). The van der Waals surface area contributed by atoms with E-state index in [1.807, 2.05) is 0 Å². The van der Waals surface area contributed by atoms with Gasteiger partial charge in [0.1, 0.15) is 5.75 Å². The third kappa shape index (κ3) is 3.51. The quantitative estimate of drug-likeness (QED) is 0.848. The Balaban J connectivity index is 1.37. The number of carbonyl (C=O) groups excluding carboxylic acids is 1. The van der Waals surface area contributed by atoms with Crippen LogP contribution >= 0.6 is 11.3 Å². The summed E-state index contributed by atoms with van der Waals surface area (Å²) in [5, 5.41) is 11.6. The Morgan fingerprint density at radius 3 is 2.58 bits per heavy atom. The van der Waals surface area contributed by atoms with Crippen molar-refractivity contribution in [1.82, 2.24) is 20.8 Å². The summed E-state index contributed by atoms with van der Waals surface area (Å²) in [6.07, 6.45) is -1.37. The van der Waals surface area contributed by atoms with E-state index in [1.165, 1.54) is 12.1 Å². The number of ether oxygens (including phenoxy) is 1. The lowest BCUT2D eigenvalue weighted by molar-refractivity contribution is -0.138.